The van der Waals surface area contributed by atoms with E-state index in [-0.39, 0.29) is 12.1 Å². The zero-order chi connectivity index (χ0) is 13.8. The maximum Gasteiger partial charge on any atom is 0.320 e. The molecule has 1 saturated heterocycles. The summed E-state index contributed by atoms with van der Waals surface area (Å²) in [4.78, 5) is 13.2. The lowest BCUT2D eigenvalue weighted by Gasteiger charge is -2.21. The minimum absolute atomic E-state index is 0.147. The first-order valence-electron chi connectivity index (χ1n) is 6.78. The highest BCUT2D eigenvalue weighted by Gasteiger charge is 2.30. The van der Waals surface area contributed by atoms with Crippen molar-refractivity contribution in [1.29, 1.82) is 0 Å². The van der Waals surface area contributed by atoms with E-state index in [1.54, 1.807) is 0 Å². The van der Waals surface area contributed by atoms with Gasteiger partial charge in [0.15, 0.2) is 0 Å². The molecule has 1 aliphatic rings. The minimum Gasteiger partial charge on any atom is -0.491 e. The summed E-state index contributed by atoms with van der Waals surface area (Å²) in [5.74, 6) is 0.130. The predicted octanol–water partition coefficient (Wildman–Crippen LogP) is 2.52. The Bertz CT molecular complexity index is 445. The smallest absolute Gasteiger partial charge is 0.320 e. The SMILES string of the molecule is CC(C)Oc1cccc(CN2CCCC2C(=O)O)c1. The highest BCUT2D eigenvalue weighted by atomic mass is 16.5. The Kier molecular flexibility index (Phi) is 4.43. The lowest BCUT2D eigenvalue weighted by Crippen LogP contribution is -2.35. The van der Waals surface area contributed by atoms with Crippen molar-refractivity contribution in [3.63, 3.8) is 0 Å². The molecule has 2 rings (SSSR count). The molecule has 0 aliphatic carbocycles. The van der Waals surface area contributed by atoms with Crippen LogP contribution in [0.4, 0.5) is 0 Å². The lowest BCUT2D eigenvalue weighted by atomic mass is 10.1. The molecule has 1 aromatic rings. The molecular formula is C15H21NO3. The first-order valence-corrected chi connectivity index (χ1v) is 6.78. The van der Waals surface area contributed by atoms with Crippen molar-refractivity contribution >= 4 is 5.97 Å². The Morgan fingerprint density at radius 1 is 1.53 bits per heavy atom. The molecule has 0 spiro atoms. The fourth-order valence-electron chi connectivity index (χ4n) is 2.52. The molecule has 4 nitrogen and oxygen atoms in total. The van der Waals surface area contributed by atoms with Gasteiger partial charge in [0, 0.05) is 6.54 Å². The molecule has 4 heteroatoms. The summed E-state index contributed by atoms with van der Waals surface area (Å²) in [7, 11) is 0. The minimum atomic E-state index is -0.716. The van der Waals surface area contributed by atoms with E-state index in [4.69, 9.17) is 9.84 Å². The molecule has 1 heterocycles. The van der Waals surface area contributed by atoms with Gasteiger partial charge in [-0.05, 0) is 50.9 Å². The van der Waals surface area contributed by atoms with Crippen molar-refractivity contribution in [3.05, 3.63) is 29.8 Å². The van der Waals surface area contributed by atoms with Crippen LogP contribution in [0.1, 0.15) is 32.3 Å². The van der Waals surface area contributed by atoms with Gasteiger partial charge < -0.3 is 9.84 Å². The molecule has 0 saturated carbocycles. The molecule has 0 amide bonds. The zero-order valence-corrected chi connectivity index (χ0v) is 11.5. The Morgan fingerprint density at radius 2 is 2.32 bits per heavy atom. The van der Waals surface area contributed by atoms with E-state index >= 15 is 0 Å². The summed E-state index contributed by atoms with van der Waals surface area (Å²) in [5.41, 5.74) is 1.10. The number of hydrogen-bond acceptors (Lipinski definition) is 3. The fourth-order valence-corrected chi connectivity index (χ4v) is 2.52. The second kappa shape index (κ2) is 6.06. The first kappa shape index (κ1) is 13.9. The van der Waals surface area contributed by atoms with Gasteiger partial charge in [-0.25, -0.2) is 0 Å². The Labute approximate surface area is 114 Å². The number of aliphatic carboxylic acids is 1. The van der Waals surface area contributed by atoms with Crippen molar-refractivity contribution in [3.8, 4) is 5.75 Å². The maximum atomic E-state index is 11.1. The molecule has 1 N–H and O–H groups in total. The van der Waals surface area contributed by atoms with E-state index in [0.29, 0.717) is 6.54 Å². The average molecular weight is 263 g/mol. The van der Waals surface area contributed by atoms with Gasteiger partial charge in [0.05, 0.1) is 6.10 Å². The van der Waals surface area contributed by atoms with Gasteiger partial charge in [0.25, 0.3) is 0 Å². The van der Waals surface area contributed by atoms with Crippen molar-refractivity contribution in [1.82, 2.24) is 4.90 Å². The number of rotatable bonds is 5. The number of hydrogen-bond donors (Lipinski definition) is 1. The van der Waals surface area contributed by atoms with Gasteiger partial charge in [-0.15, -0.1) is 0 Å². The van der Waals surface area contributed by atoms with Crippen molar-refractivity contribution in [2.75, 3.05) is 6.54 Å². The second-order valence-corrected chi connectivity index (χ2v) is 5.28. The molecule has 1 aliphatic heterocycles. The van der Waals surface area contributed by atoms with Crippen LogP contribution in [0.5, 0.6) is 5.75 Å². The number of carboxylic acids is 1. The summed E-state index contributed by atoms with van der Waals surface area (Å²) in [6.45, 7) is 5.51. The summed E-state index contributed by atoms with van der Waals surface area (Å²) in [6, 6.07) is 7.57. The average Bonchev–Trinajstić information content (AvgIpc) is 2.76. The third-order valence-electron chi connectivity index (χ3n) is 3.30. The van der Waals surface area contributed by atoms with Crippen LogP contribution in [0.3, 0.4) is 0 Å². The van der Waals surface area contributed by atoms with Crippen LogP contribution < -0.4 is 4.74 Å². The normalized spacial score (nSPS) is 19.8. The Morgan fingerprint density at radius 3 is 3.00 bits per heavy atom. The summed E-state index contributed by atoms with van der Waals surface area (Å²) in [5, 5.41) is 9.17. The summed E-state index contributed by atoms with van der Waals surface area (Å²) >= 11 is 0. The first-order chi connectivity index (χ1) is 9.06. The third-order valence-corrected chi connectivity index (χ3v) is 3.30. The lowest BCUT2D eigenvalue weighted by molar-refractivity contribution is -0.142. The van der Waals surface area contributed by atoms with E-state index in [9.17, 15) is 4.79 Å². The van der Waals surface area contributed by atoms with E-state index in [2.05, 4.69) is 0 Å². The molecule has 1 fully saturated rings. The van der Waals surface area contributed by atoms with Gasteiger partial charge in [0.1, 0.15) is 11.8 Å². The molecule has 1 aromatic carbocycles. The summed E-state index contributed by atoms with van der Waals surface area (Å²) < 4.78 is 5.66. The van der Waals surface area contributed by atoms with Crippen LogP contribution in [-0.2, 0) is 11.3 Å². The fraction of sp³-hybridized carbons (Fsp3) is 0.533. The van der Waals surface area contributed by atoms with Gasteiger partial charge in [0.2, 0.25) is 0 Å². The van der Waals surface area contributed by atoms with Crippen molar-refractivity contribution < 1.29 is 14.6 Å². The highest BCUT2D eigenvalue weighted by Crippen LogP contribution is 2.22. The maximum absolute atomic E-state index is 11.1. The van der Waals surface area contributed by atoms with Gasteiger partial charge in [-0.3, -0.25) is 9.69 Å². The van der Waals surface area contributed by atoms with Gasteiger partial charge in [-0.1, -0.05) is 12.1 Å². The number of likely N-dealkylation sites (tertiary alicyclic amines) is 1. The van der Waals surface area contributed by atoms with Crippen LogP contribution in [0.25, 0.3) is 0 Å². The van der Waals surface area contributed by atoms with Crippen LogP contribution in [0.15, 0.2) is 24.3 Å². The molecule has 0 radical (unpaired) electrons. The molecule has 0 aromatic heterocycles. The van der Waals surface area contributed by atoms with Crippen molar-refractivity contribution in [2.24, 2.45) is 0 Å². The van der Waals surface area contributed by atoms with Crippen LogP contribution in [0, 0.1) is 0 Å². The van der Waals surface area contributed by atoms with E-state index < -0.39 is 5.97 Å². The van der Waals surface area contributed by atoms with Crippen LogP contribution in [-0.4, -0.2) is 34.7 Å². The number of benzene rings is 1. The summed E-state index contributed by atoms with van der Waals surface area (Å²) in [6.07, 6.45) is 1.85. The molecule has 104 valence electrons. The monoisotopic (exact) mass is 263 g/mol. The Hall–Kier alpha value is -1.55. The molecule has 0 bridgehead atoms. The van der Waals surface area contributed by atoms with Gasteiger partial charge in [-0.2, -0.15) is 0 Å². The van der Waals surface area contributed by atoms with Crippen LogP contribution >= 0.6 is 0 Å². The molecular weight excluding hydrogens is 242 g/mol. The molecule has 1 unspecified atom stereocenters. The standard InChI is InChI=1S/C15H21NO3/c1-11(2)19-13-6-3-5-12(9-13)10-16-8-4-7-14(16)15(17)18/h3,5-6,9,11,14H,4,7-8,10H2,1-2H3,(H,17,18). The molecule has 1 atom stereocenters. The zero-order valence-electron chi connectivity index (χ0n) is 11.5. The Balaban J connectivity index is 2.04. The topological polar surface area (TPSA) is 49.8 Å². The van der Waals surface area contributed by atoms with E-state index in [0.717, 1.165) is 30.7 Å². The number of carbonyl (C=O) groups is 1. The number of ether oxygens (including phenoxy) is 1. The number of carboxylic acid groups (broad SMARTS) is 1. The third kappa shape index (κ3) is 3.70. The largest absolute Gasteiger partial charge is 0.491 e. The van der Waals surface area contributed by atoms with E-state index in [1.807, 2.05) is 43.0 Å². The second-order valence-electron chi connectivity index (χ2n) is 5.28. The van der Waals surface area contributed by atoms with Crippen molar-refractivity contribution in [2.45, 2.75) is 45.4 Å². The van der Waals surface area contributed by atoms with Gasteiger partial charge >= 0.3 is 5.97 Å². The van der Waals surface area contributed by atoms with E-state index in [1.165, 1.54) is 0 Å². The highest BCUT2D eigenvalue weighted by molar-refractivity contribution is 5.73. The predicted molar refractivity (Wildman–Crippen MR) is 73.3 cm³/mol. The number of nitrogens with zero attached hydrogens (tertiary/aromatic N) is 1. The molecule has 19 heavy (non-hydrogen) atoms. The van der Waals surface area contributed by atoms with Crippen LogP contribution in [0.2, 0.25) is 0 Å². The quantitative estimate of drug-likeness (QED) is 0.887.